The SMILES string of the molecule is C[C@@H](CO)[C@H]1CC[C@@]2(C)[C@@H]3CC=C4[C@@H](CCC(=O)C4(C)C)[C@]3(C)CC[C@]12C. The van der Waals surface area contributed by atoms with Crippen LogP contribution in [0.5, 0.6) is 0 Å². The van der Waals surface area contributed by atoms with Crippen LogP contribution in [-0.4, -0.2) is 17.5 Å². The van der Waals surface area contributed by atoms with Gasteiger partial charge in [-0.1, -0.05) is 39.3 Å². The number of ketones is 1. The van der Waals surface area contributed by atoms with E-state index in [1.54, 1.807) is 0 Å². The number of hydrogen-bond acceptors (Lipinski definition) is 2. The van der Waals surface area contributed by atoms with Crippen LogP contribution >= 0.6 is 0 Å². The highest BCUT2D eigenvalue weighted by atomic mass is 16.3. The number of Topliss-reactive ketones (excluding diaryl/α,β-unsaturated/α-hetero) is 1. The van der Waals surface area contributed by atoms with Gasteiger partial charge in [-0.05, 0) is 92.3 Å². The first-order valence-electron chi connectivity index (χ1n) is 11.4. The Kier molecular flexibility index (Phi) is 4.33. The van der Waals surface area contributed by atoms with Crippen molar-refractivity contribution in [2.75, 3.05) is 6.61 Å². The number of rotatable bonds is 2. The van der Waals surface area contributed by atoms with Gasteiger partial charge in [-0.3, -0.25) is 4.79 Å². The second-order valence-electron chi connectivity index (χ2n) is 11.7. The van der Waals surface area contributed by atoms with Crippen LogP contribution in [0.25, 0.3) is 0 Å². The minimum atomic E-state index is -0.262. The maximum atomic E-state index is 12.6. The van der Waals surface area contributed by atoms with Gasteiger partial charge in [0.05, 0.1) is 0 Å². The number of carbonyl (C=O) groups excluding carboxylic acids is 1. The quantitative estimate of drug-likeness (QED) is 0.623. The Bertz CT molecular complexity index is 676. The molecule has 0 bridgehead atoms. The molecule has 3 fully saturated rings. The lowest BCUT2D eigenvalue weighted by Gasteiger charge is -2.65. The third-order valence-corrected chi connectivity index (χ3v) is 10.6. The van der Waals surface area contributed by atoms with Crippen molar-refractivity contribution in [2.45, 2.75) is 86.5 Å². The van der Waals surface area contributed by atoms with E-state index >= 15 is 0 Å². The van der Waals surface area contributed by atoms with E-state index in [4.69, 9.17) is 0 Å². The van der Waals surface area contributed by atoms with Gasteiger partial charge < -0.3 is 5.11 Å². The Labute approximate surface area is 166 Å². The normalized spacial score (nSPS) is 49.7. The summed E-state index contributed by atoms with van der Waals surface area (Å²) in [4.78, 5) is 12.6. The molecule has 0 unspecified atom stereocenters. The summed E-state index contributed by atoms with van der Waals surface area (Å²) < 4.78 is 0. The van der Waals surface area contributed by atoms with Crippen molar-refractivity contribution in [3.63, 3.8) is 0 Å². The average molecular weight is 373 g/mol. The lowest BCUT2D eigenvalue weighted by atomic mass is 9.39. The summed E-state index contributed by atoms with van der Waals surface area (Å²) in [7, 11) is 0. The van der Waals surface area contributed by atoms with Crippen molar-refractivity contribution in [3.8, 4) is 0 Å². The van der Waals surface area contributed by atoms with Crippen molar-refractivity contribution in [1.82, 2.24) is 0 Å². The van der Waals surface area contributed by atoms with Crippen molar-refractivity contribution >= 4 is 5.78 Å². The van der Waals surface area contributed by atoms with Crippen LogP contribution in [0.3, 0.4) is 0 Å². The molecule has 0 radical (unpaired) electrons. The summed E-state index contributed by atoms with van der Waals surface area (Å²) in [5, 5.41) is 9.86. The number of allylic oxidation sites excluding steroid dienone is 2. The molecule has 4 aliphatic rings. The standard InChI is InChI=1S/C25H40O2/c1-16(15-26)17-11-12-25(6)20-9-7-18-19(8-10-21(27)22(18,2)3)23(20,4)13-14-24(17,25)5/h7,16-17,19-20,26H,8-15H2,1-6H3/t16-,17+,19+,20+,23-,24+,25-/m0/s1. The Morgan fingerprint density at radius 1 is 1.07 bits per heavy atom. The van der Waals surface area contributed by atoms with E-state index in [2.05, 4.69) is 47.6 Å². The first-order valence-corrected chi connectivity index (χ1v) is 11.4. The van der Waals surface area contributed by atoms with Crippen LogP contribution < -0.4 is 0 Å². The summed E-state index contributed by atoms with van der Waals surface area (Å²) in [6.45, 7) is 14.6. The molecule has 4 rings (SSSR count). The summed E-state index contributed by atoms with van der Waals surface area (Å²) >= 11 is 0. The minimum absolute atomic E-state index is 0.262. The molecule has 2 nitrogen and oxygen atoms in total. The fourth-order valence-corrected chi connectivity index (χ4v) is 8.61. The van der Waals surface area contributed by atoms with Crippen LogP contribution in [0.1, 0.15) is 86.5 Å². The highest BCUT2D eigenvalue weighted by Crippen LogP contribution is 2.74. The Morgan fingerprint density at radius 2 is 1.78 bits per heavy atom. The molecule has 0 aromatic carbocycles. The van der Waals surface area contributed by atoms with E-state index in [1.165, 1.54) is 31.3 Å². The van der Waals surface area contributed by atoms with Crippen LogP contribution in [-0.2, 0) is 4.79 Å². The summed E-state index contributed by atoms with van der Waals surface area (Å²) in [5.41, 5.74) is 2.21. The van der Waals surface area contributed by atoms with Gasteiger partial charge >= 0.3 is 0 Å². The number of carbonyl (C=O) groups is 1. The van der Waals surface area contributed by atoms with E-state index in [0.717, 1.165) is 19.3 Å². The monoisotopic (exact) mass is 372 g/mol. The summed E-state index contributed by atoms with van der Waals surface area (Å²) in [6, 6.07) is 0. The summed E-state index contributed by atoms with van der Waals surface area (Å²) in [5.74, 6) is 2.78. The van der Waals surface area contributed by atoms with Crippen molar-refractivity contribution < 1.29 is 9.90 Å². The first kappa shape index (κ1) is 19.7. The maximum absolute atomic E-state index is 12.6. The van der Waals surface area contributed by atoms with E-state index in [9.17, 15) is 9.90 Å². The van der Waals surface area contributed by atoms with Gasteiger partial charge in [0, 0.05) is 18.4 Å². The molecular formula is C25H40O2. The average Bonchev–Trinajstić information content (AvgIpc) is 2.89. The van der Waals surface area contributed by atoms with E-state index in [-0.39, 0.29) is 5.41 Å². The molecule has 3 saturated carbocycles. The molecule has 4 aliphatic carbocycles. The van der Waals surface area contributed by atoms with Gasteiger partial charge in [0.1, 0.15) is 5.78 Å². The van der Waals surface area contributed by atoms with E-state index in [1.807, 2.05) is 0 Å². The minimum Gasteiger partial charge on any atom is -0.396 e. The first-order chi connectivity index (χ1) is 12.5. The smallest absolute Gasteiger partial charge is 0.142 e. The second kappa shape index (κ2) is 5.94. The molecule has 2 heteroatoms. The highest BCUT2D eigenvalue weighted by Gasteiger charge is 2.67. The number of fused-ring (bicyclic) bond motifs is 5. The van der Waals surface area contributed by atoms with Crippen molar-refractivity contribution in [2.24, 2.45) is 45.3 Å². The topological polar surface area (TPSA) is 37.3 Å². The van der Waals surface area contributed by atoms with Gasteiger partial charge in [0.15, 0.2) is 0 Å². The van der Waals surface area contributed by atoms with Gasteiger partial charge in [0.2, 0.25) is 0 Å². The van der Waals surface area contributed by atoms with E-state index in [0.29, 0.717) is 52.3 Å². The number of hydrogen-bond donors (Lipinski definition) is 1. The molecular weight excluding hydrogens is 332 g/mol. The zero-order chi connectivity index (χ0) is 19.8. The fraction of sp³-hybridized carbons (Fsp3) is 0.880. The Balaban J connectivity index is 1.75. The van der Waals surface area contributed by atoms with Gasteiger partial charge in [-0.2, -0.15) is 0 Å². The summed E-state index contributed by atoms with van der Waals surface area (Å²) in [6.07, 6.45) is 10.6. The van der Waals surface area contributed by atoms with Crippen LogP contribution in [0.4, 0.5) is 0 Å². The predicted molar refractivity (Wildman–Crippen MR) is 110 cm³/mol. The van der Waals surface area contributed by atoms with Crippen LogP contribution in [0, 0.1) is 45.3 Å². The van der Waals surface area contributed by atoms with Crippen molar-refractivity contribution in [3.05, 3.63) is 11.6 Å². The molecule has 0 aliphatic heterocycles. The Hall–Kier alpha value is -0.630. The largest absolute Gasteiger partial charge is 0.396 e. The second-order valence-corrected chi connectivity index (χ2v) is 11.7. The Morgan fingerprint density at radius 3 is 2.44 bits per heavy atom. The van der Waals surface area contributed by atoms with E-state index < -0.39 is 0 Å². The molecule has 0 aromatic heterocycles. The third-order valence-electron chi connectivity index (χ3n) is 10.6. The van der Waals surface area contributed by atoms with Gasteiger partial charge in [-0.25, -0.2) is 0 Å². The molecule has 27 heavy (non-hydrogen) atoms. The lowest BCUT2D eigenvalue weighted by molar-refractivity contribution is -0.147. The van der Waals surface area contributed by atoms with Crippen LogP contribution in [0.15, 0.2) is 11.6 Å². The maximum Gasteiger partial charge on any atom is 0.142 e. The highest BCUT2D eigenvalue weighted by molar-refractivity contribution is 5.88. The van der Waals surface area contributed by atoms with Gasteiger partial charge in [0.25, 0.3) is 0 Å². The molecule has 0 aromatic rings. The number of aliphatic hydroxyl groups is 1. The molecule has 0 heterocycles. The molecule has 0 saturated heterocycles. The zero-order valence-corrected chi connectivity index (χ0v) is 18.4. The fourth-order valence-electron chi connectivity index (χ4n) is 8.61. The lowest BCUT2D eigenvalue weighted by Crippen LogP contribution is -2.58. The molecule has 152 valence electrons. The molecule has 1 N–H and O–H groups in total. The molecule has 0 spiro atoms. The predicted octanol–water partition coefficient (Wildman–Crippen LogP) is 5.79. The third kappa shape index (κ3) is 2.31. The zero-order valence-electron chi connectivity index (χ0n) is 18.4. The molecule has 0 amide bonds. The van der Waals surface area contributed by atoms with Gasteiger partial charge in [-0.15, -0.1) is 0 Å². The number of aliphatic hydroxyl groups excluding tert-OH is 1. The van der Waals surface area contributed by atoms with Crippen LogP contribution in [0.2, 0.25) is 0 Å². The molecule has 7 atom stereocenters. The van der Waals surface area contributed by atoms with Crippen molar-refractivity contribution in [1.29, 1.82) is 0 Å².